The third-order valence-electron chi connectivity index (χ3n) is 5.84. The van der Waals surface area contributed by atoms with Gasteiger partial charge in [-0.15, -0.1) is 11.3 Å². The smallest absolute Gasteiger partial charge is 0.256 e. The first-order chi connectivity index (χ1) is 14.6. The quantitative estimate of drug-likeness (QED) is 0.521. The predicted molar refractivity (Wildman–Crippen MR) is 116 cm³/mol. The predicted octanol–water partition coefficient (Wildman–Crippen LogP) is 2.46. The van der Waals surface area contributed by atoms with Crippen LogP contribution in [-0.2, 0) is 19.5 Å². The van der Waals surface area contributed by atoms with Gasteiger partial charge in [-0.2, -0.15) is 0 Å². The topological polar surface area (TPSA) is 75.0 Å². The van der Waals surface area contributed by atoms with E-state index in [-0.39, 0.29) is 17.8 Å². The zero-order valence-electron chi connectivity index (χ0n) is 16.7. The van der Waals surface area contributed by atoms with Gasteiger partial charge in [-0.05, 0) is 23.3 Å². The van der Waals surface area contributed by atoms with Crippen LogP contribution >= 0.6 is 11.3 Å². The monoisotopic (exact) mass is 422 g/mol. The first-order valence-corrected chi connectivity index (χ1v) is 10.9. The fourth-order valence-electron chi connectivity index (χ4n) is 4.32. The number of phenolic OH excluding ortho intramolecular Hbond substituents is 1. The van der Waals surface area contributed by atoms with Gasteiger partial charge in [-0.25, -0.2) is 0 Å². The number of aromatic hydroxyl groups is 1. The molecule has 5 rings (SSSR count). The van der Waals surface area contributed by atoms with Crippen molar-refractivity contribution in [3.05, 3.63) is 75.7 Å². The molecule has 4 N–H and O–H groups in total. The molecule has 3 aromatic rings. The minimum Gasteiger partial charge on any atom is -0.504 e. The van der Waals surface area contributed by atoms with Gasteiger partial charge in [-0.3, -0.25) is 4.79 Å². The maximum absolute atomic E-state index is 13.0. The fraction of sp³-hybridized carbons (Fsp3) is 0.261. The Kier molecular flexibility index (Phi) is 4.84. The Morgan fingerprint density at radius 2 is 2.03 bits per heavy atom. The minimum atomic E-state index is -0.354. The Labute approximate surface area is 179 Å². The fourth-order valence-corrected chi connectivity index (χ4v) is 5.67. The van der Waals surface area contributed by atoms with Crippen molar-refractivity contribution in [1.82, 2.24) is 5.32 Å². The highest BCUT2D eigenvalue weighted by atomic mass is 32.1. The number of amides is 1. The molecule has 2 aliphatic heterocycles. The van der Waals surface area contributed by atoms with Crippen LogP contribution in [0.1, 0.15) is 38.1 Å². The summed E-state index contributed by atoms with van der Waals surface area (Å²) in [5.41, 5.74) is 4.18. The second-order valence-electron chi connectivity index (χ2n) is 7.78. The van der Waals surface area contributed by atoms with Crippen LogP contribution in [0.2, 0.25) is 0 Å². The number of hydrogen-bond donors (Lipinski definition) is 4. The molecule has 2 atom stereocenters. The zero-order chi connectivity index (χ0) is 20.7. The summed E-state index contributed by atoms with van der Waals surface area (Å²) in [5, 5.41) is 17.3. The molecular formula is C23H24N3O3S+. The van der Waals surface area contributed by atoms with Gasteiger partial charge in [0.1, 0.15) is 24.3 Å². The number of quaternary nitrogens is 1. The molecule has 0 aliphatic carbocycles. The van der Waals surface area contributed by atoms with Crippen molar-refractivity contribution < 1.29 is 19.5 Å². The molecule has 154 valence electrons. The molecule has 3 heterocycles. The van der Waals surface area contributed by atoms with Crippen LogP contribution in [0.3, 0.4) is 0 Å². The lowest BCUT2D eigenvalue weighted by atomic mass is 10.00. The van der Waals surface area contributed by atoms with Crippen LogP contribution in [0.15, 0.2) is 48.5 Å². The highest BCUT2D eigenvalue weighted by molar-refractivity contribution is 7.16. The molecule has 0 spiro atoms. The molecule has 1 amide bonds. The third kappa shape index (κ3) is 3.40. The van der Waals surface area contributed by atoms with E-state index in [4.69, 9.17) is 4.74 Å². The largest absolute Gasteiger partial charge is 0.504 e. The number of carbonyl (C=O) groups excluding carboxylic acids is 1. The number of nitrogens with one attached hydrogen (secondary N) is 3. The van der Waals surface area contributed by atoms with Crippen LogP contribution in [0.25, 0.3) is 0 Å². The van der Waals surface area contributed by atoms with Gasteiger partial charge in [0.2, 0.25) is 0 Å². The van der Waals surface area contributed by atoms with Gasteiger partial charge in [0, 0.05) is 12.0 Å². The highest BCUT2D eigenvalue weighted by Crippen LogP contribution is 2.40. The van der Waals surface area contributed by atoms with Gasteiger partial charge in [0.05, 0.1) is 24.1 Å². The SMILES string of the molecule is COc1cc([C@@H]2NC(=O)c3c(sc4c3CC[NH+](Cc3ccccc3)C4)N2)ccc1O. The lowest BCUT2D eigenvalue weighted by Gasteiger charge is -2.27. The third-order valence-corrected chi connectivity index (χ3v) is 7.01. The Bertz CT molecular complexity index is 1100. The number of hydrogen-bond acceptors (Lipinski definition) is 5. The molecule has 1 unspecified atom stereocenters. The number of phenols is 1. The minimum absolute atomic E-state index is 0.0372. The van der Waals surface area contributed by atoms with E-state index in [1.54, 1.807) is 29.5 Å². The lowest BCUT2D eigenvalue weighted by molar-refractivity contribution is -0.929. The van der Waals surface area contributed by atoms with Crippen molar-refractivity contribution in [3.8, 4) is 11.5 Å². The highest BCUT2D eigenvalue weighted by Gasteiger charge is 2.34. The van der Waals surface area contributed by atoms with Crippen LogP contribution in [0.4, 0.5) is 5.00 Å². The summed E-state index contributed by atoms with van der Waals surface area (Å²) in [5.74, 6) is 0.432. The second kappa shape index (κ2) is 7.66. The first kappa shape index (κ1) is 19.0. The molecule has 2 aliphatic rings. The number of carbonyl (C=O) groups is 1. The zero-order valence-corrected chi connectivity index (χ0v) is 17.5. The Balaban J connectivity index is 1.38. The molecule has 0 bridgehead atoms. The van der Waals surface area contributed by atoms with E-state index in [1.807, 2.05) is 6.07 Å². The number of ether oxygens (including phenoxy) is 1. The van der Waals surface area contributed by atoms with Crippen molar-refractivity contribution in [2.75, 3.05) is 19.0 Å². The van der Waals surface area contributed by atoms with Crippen molar-refractivity contribution in [2.45, 2.75) is 25.7 Å². The summed E-state index contributed by atoms with van der Waals surface area (Å²) in [6.45, 7) is 2.96. The average Bonchev–Trinajstić information content (AvgIpc) is 3.13. The van der Waals surface area contributed by atoms with Crippen LogP contribution in [-0.4, -0.2) is 24.7 Å². The summed E-state index contributed by atoms with van der Waals surface area (Å²) in [6, 6.07) is 15.7. The van der Waals surface area contributed by atoms with Gasteiger partial charge in [0.25, 0.3) is 5.91 Å². The van der Waals surface area contributed by atoms with E-state index >= 15 is 0 Å². The molecule has 6 nitrogen and oxygen atoms in total. The number of anilines is 1. The number of methoxy groups -OCH3 is 1. The summed E-state index contributed by atoms with van der Waals surface area (Å²) >= 11 is 1.69. The Hall–Kier alpha value is -3.03. The summed E-state index contributed by atoms with van der Waals surface area (Å²) in [4.78, 5) is 15.8. The average molecular weight is 423 g/mol. The first-order valence-electron chi connectivity index (χ1n) is 10.1. The number of fused-ring (bicyclic) bond motifs is 3. The Morgan fingerprint density at radius 3 is 2.83 bits per heavy atom. The van der Waals surface area contributed by atoms with Gasteiger partial charge < -0.3 is 25.4 Å². The molecule has 0 radical (unpaired) electrons. The Morgan fingerprint density at radius 1 is 1.20 bits per heavy atom. The van der Waals surface area contributed by atoms with Crippen LogP contribution < -0.4 is 20.3 Å². The summed E-state index contributed by atoms with van der Waals surface area (Å²) < 4.78 is 5.21. The second-order valence-corrected chi connectivity index (χ2v) is 8.88. The molecule has 2 aromatic carbocycles. The maximum atomic E-state index is 13.0. The molecule has 0 saturated carbocycles. The van der Waals surface area contributed by atoms with Gasteiger partial charge >= 0.3 is 0 Å². The number of benzene rings is 2. The summed E-state index contributed by atoms with van der Waals surface area (Å²) in [6.07, 6.45) is 0.559. The molecule has 1 aromatic heterocycles. The lowest BCUT2D eigenvalue weighted by Crippen LogP contribution is -3.10. The van der Waals surface area contributed by atoms with Crippen LogP contribution in [0.5, 0.6) is 11.5 Å². The molecular weight excluding hydrogens is 398 g/mol. The van der Waals surface area contributed by atoms with Crippen molar-refractivity contribution in [3.63, 3.8) is 0 Å². The van der Waals surface area contributed by atoms with Crippen molar-refractivity contribution in [1.29, 1.82) is 0 Å². The van der Waals surface area contributed by atoms with E-state index < -0.39 is 0 Å². The van der Waals surface area contributed by atoms with Gasteiger partial charge in [-0.1, -0.05) is 36.4 Å². The van der Waals surface area contributed by atoms with Crippen LogP contribution in [0, 0.1) is 0 Å². The number of rotatable bonds is 4. The van der Waals surface area contributed by atoms with E-state index in [0.29, 0.717) is 5.75 Å². The van der Waals surface area contributed by atoms with Gasteiger partial charge in [0.15, 0.2) is 11.5 Å². The summed E-state index contributed by atoms with van der Waals surface area (Å²) in [7, 11) is 1.51. The van der Waals surface area contributed by atoms with Crippen molar-refractivity contribution >= 4 is 22.2 Å². The normalized spacial score (nSPS) is 20.0. The number of thiophene rings is 1. The molecule has 30 heavy (non-hydrogen) atoms. The van der Waals surface area contributed by atoms with E-state index in [1.165, 1.54) is 28.0 Å². The van der Waals surface area contributed by atoms with E-state index in [9.17, 15) is 9.90 Å². The van der Waals surface area contributed by atoms with E-state index in [0.717, 1.165) is 42.2 Å². The molecule has 7 heteroatoms. The maximum Gasteiger partial charge on any atom is 0.256 e. The van der Waals surface area contributed by atoms with E-state index in [2.05, 4.69) is 34.9 Å². The van der Waals surface area contributed by atoms with Crippen molar-refractivity contribution in [2.24, 2.45) is 0 Å². The standard InChI is InChI=1S/C23H23N3O3S/c1-29-18-11-15(7-8-17(18)27)21-24-22(28)20-16-9-10-26(12-14-5-3-2-4-6-14)13-19(16)30-23(20)25-21/h2-8,11,21,25,27H,9-10,12-13H2,1H3,(H,24,28)/p+1/t21-/m1/s1. The molecule has 0 saturated heterocycles. The molecule has 0 fully saturated rings.